The average Bonchev–Trinajstić information content (AvgIpc) is 3.95. The number of carbonyl (C=O) groups excluding carboxylic acids is 6. The van der Waals surface area contributed by atoms with Gasteiger partial charge in [0.25, 0.3) is 0 Å². The molecule has 0 spiro atoms. The molecule has 6 amide bonds. The number of nitrogens with two attached hydrogens (primary N) is 1. The summed E-state index contributed by atoms with van der Waals surface area (Å²) in [5.74, 6) is -6.25. The SMILES string of the molecule is C[C@@H](O)[C@H](NC(=O)[C@@H]1C[C@@H](O)CN1C(=O)[C@@H]1C[C@@H](O)CN1C(=O)[C@H](Cc1ccc(O)cc1)NC(=O)[C@H](CO)NC(=O)[C@@H]1CCCN1C(=O)[C@H](CCCCN)NI)C(=O)O. The van der Waals surface area contributed by atoms with Crippen LogP contribution in [0.15, 0.2) is 24.3 Å². The van der Waals surface area contributed by atoms with Crippen LogP contribution in [0, 0.1) is 0 Å². The van der Waals surface area contributed by atoms with Gasteiger partial charge in [-0.25, -0.2) is 8.32 Å². The number of halogens is 1. The molecule has 21 nitrogen and oxygen atoms in total. The van der Waals surface area contributed by atoms with Gasteiger partial charge in [0.1, 0.15) is 36.0 Å². The van der Waals surface area contributed by atoms with Crippen LogP contribution in [0.1, 0.15) is 57.4 Å². The molecule has 4 rings (SSSR count). The Labute approximate surface area is 354 Å². The van der Waals surface area contributed by atoms with E-state index in [1.54, 1.807) is 0 Å². The van der Waals surface area contributed by atoms with E-state index in [9.17, 15) is 64.2 Å². The number of carbonyl (C=O) groups is 7. The quantitative estimate of drug-likeness (QED) is 0.0360. The highest BCUT2D eigenvalue weighted by atomic mass is 127. The summed E-state index contributed by atoms with van der Waals surface area (Å²) >= 11 is 1.88. The van der Waals surface area contributed by atoms with Gasteiger partial charge in [-0.15, -0.1) is 0 Å². The van der Waals surface area contributed by atoms with Crippen molar-refractivity contribution in [1.29, 1.82) is 0 Å². The number of amides is 6. The van der Waals surface area contributed by atoms with Crippen molar-refractivity contribution >= 4 is 64.3 Å². The van der Waals surface area contributed by atoms with Gasteiger partial charge in [-0.3, -0.25) is 28.8 Å². The Balaban J connectivity index is 1.54. The number of phenolic OH excluding ortho intramolecular Hbond substituents is 1. The Morgan fingerprint density at radius 2 is 1.44 bits per heavy atom. The number of unbranched alkanes of at least 4 members (excludes halogenated alkanes) is 1. The van der Waals surface area contributed by atoms with E-state index in [1.807, 2.05) is 22.9 Å². The highest BCUT2D eigenvalue weighted by Gasteiger charge is 2.48. The molecule has 0 unspecified atom stereocenters. The number of phenols is 1. The Morgan fingerprint density at radius 1 is 0.831 bits per heavy atom. The number of aliphatic hydroxyl groups excluding tert-OH is 4. The molecule has 3 fully saturated rings. The normalized spacial score (nSPS) is 24.2. The highest BCUT2D eigenvalue weighted by Crippen LogP contribution is 2.27. The summed E-state index contributed by atoms with van der Waals surface area (Å²) in [6, 6.07) is -3.40. The molecule has 0 saturated carbocycles. The van der Waals surface area contributed by atoms with Crippen molar-refractivity contribution in [2.45, 2.75) is 119 Å². The summed E-state index contributed by atoms with van der Waals surface area (Å²) < 4.78 is 2.95. The van der Waals surface area contributed by atoms with Crippen LogP contribution in [0.2, 0.25) is 0 Å². The van der Waals surface area contributed by atoms with E-state index in [-0.39, 0.29) is 44.0 Å². The Bertz CT molecular complexity index is 1670. The van der Waals surface area contributed by atoms with Crippen LogP contribution in [0.3, 0.4) is 0 Å². The van der Waals surface area contributed by atoms with Crippen LogP contribution in [0.5, 0.6) is 5.75 Å². The van der Waals surface area contributed by atoms with E-state index in [0.717, 1.165) is 16.7 Å². The molecule has 3 aliphatic heterocycles. The first kappa shape index (κ1) is 47.5. The Morgan fingerprint density at radius 3 is 2.03 bits per heavy atom. The second kappa shape index (κ2) is 21.9. The molecule has 0 aliphatic carbocycles. The second-order valence-corrected chi connectivity index (χ2v) is 15.8. The zero-order valence-corrected chi connectivity index (χ0v) is 34.8. The maximum absolute atomic E-state index is 14.4. The van der Waals surface area contributed by atoms with Gasteiger partial charge in [0.15, 0.2) is 6.04 Å². The van der Waals surface area contributed by atoms with Crippen molar-refractivity contribution in [1.82, 2.24) is 34.2 Å². The van der Waals surface area contributed by atoms with Crippen LogP contribution < -0.4 is 25.2 Å². The van der Waals surface area contributed by atoms with Gasteiger partial charge >= 0.3 is 5.97 Å². The molecule has 3 aliphatic rings. The van der Waals surface area contributed by atoms with Crippen LogP contribution in [0.4, 0.5) is 0 Å². The number of rotatable bonds is 19. The number of carboxylic acid groups (broad SMARTS) is 1. The number of nitrogens with zero attached hydrogens (tertiary/aromatic N) is 3. The fraction of sp³-hybridized carbons (Fsp3) is 0.649. The summed E-state index contributed by atoms with van der Waals surface area (Å²) in [6.07, 6.45) is -1.98. The van der Waals surface area contributed by atoms with Crippen LogP contribution in [-0.4, -0.2) is 180 Å². The molecule has 0 radical (unpaired) electrons. The zero-order chi connectivity index (χ0) is 43.6. The molecule has 12 N–H and O–H groups in total. The van der Waals surface area contributed by atoms with E-state index in [4.69, 9.17) is 5.73 Å². The van der Waals surface area contributed by atoms with Crippen molar-refractivity contribution in [3.8, 4) is 5.75 Å². The fourth-order valence-corrected chi connectivity index (χ4v) is 8.23. The van der Waals surface area contributed by atoms with Crippen LogP contribution in [0.25, 0.3) is 0 Å². The van der Waals surface area contributed by atoms with Crippen molar-refractivity contribution in [2.24, 2.45) is 5.73 Å². The fourth-order valence-electron chi connectivity index (χ4n) is 7.65. The lowest BCUT2D eigenvalue weighted by atomic mass is 10.0. The lowest BCUT2D eigenvalue weighted by Gasteiger charge is -2.33. The first-order valence-electron chi connectivity index (χ1n) is 19.6. The number of likely N-dealkylation sites (tertiary alicyclic amines) is 3. The number of benzene rings is 1. The zero-order valence-electron chi connectivity index (χ0n) is 32.6. The van der Waals surface area contributed by atoms with E-state index < -0.39 is 103 Å². The second-order valence-electron chi connectivity index (χ2n) is 15.2. The van der Waals surface area contributed by atoms with E-state index >= 15 is 0 Å². The molecule has 22 heteroatoms. The third kappa shape index (κ3) is 12.2. The third-order valence-corrected chi connectivity index (χ3v) is 11.5. The molecule has 328 valence electrons. The minimum absolute atomic E-state index is 0.0813. The first-order chi connectivity index (χ1) is 28.0. The summed E-state index contributed by atoms with van der Waals surface area (Å²) in [6.45, 7) is 0.288. The summed E-state index contributed by atoms with van der Waals surface area (Å²) in [4.78, 5) is 97.5. The molecular weight excluding hydrogens is 891 g/mol. The van der Waals surface area contributed by atoms with Crippen molar-refractivity contribution in [3.63, 3.8) is 0 Å². The largest absolute Gasteiger partial charge is 0.508 e. The van der Waals surface area contributed by atoms with Crippen molar-refractivity contribution in [3.05, 3.63) is 29.8 Å². The maximum atomic E-state index is 14.4. The number of hydrogen-bond donors (Lipinski definition) is 11. The number of aliphatic carboxylic acids is 1. The van der Waals surface area contributed by atoms with Crippen molar-refractivity contribution < 1.29 is 64.2 Å². The van der Waals surface area contributed by atoms with E-state index in [0.29, 0.717) is 50.8 Å². The lowest BCUT2D eigenvalue weighted by Crippen LogP contribution is -2.60. The monoisotopic (exact) mass is 946 g/mol. The van der Waals surface area contributed by atoms with E-state index in [2.05, 4.69) is 19.5 Å². The molecule has 3 saturated heterocycles. The number of β-amino-alcohol motifs (C(OH)–C–C–N with tert-alkyl or cyclic N) is 2. The molecule has 3 heterocycles. The predicted octanol–water partition coefficient (Wildman–Crippen LogP) is -3.80. The van der Waals surface area contributed by atoms with Gasteiger partial charge in [0, 0.05) is 61.8 Å². The number of carboxylic acids is 1. The molecule has 1 aromatic rings. The summed E-state index contributed by atoms with van der Waals surface area (Å²) in [7, 11) is 0. The van der Waals surface area contributed by atoms with Crippen LogP contribution >= 0.6 is 22.9 Å². The lowest BCUT2D eigenvalue weighted by molar-refractivity contribution is -0.149. The predicted molar refractivity (Wildman–Crippen MR) is 215 cm³/mol. The molecule has 1 aromatic carbocycles. The van der Waals surface area contributed by atoms with Gasteiger partial charge in [-0.05, 0) is 56.8 Å². The average molecular weight is 947 g/mol. The molecule has 59 heavy (non-hydrogen) atoms. The number of aliphatic hydroxyl groups is 4. The van der Waals surface area contributed by atoms with Gasteiger partial charge in [-0.1, -0.05) is 18.6 Å². The smallest absolute Gasteiger partial charge is 0.328 e. The van der Waals surface area contributed by atoms with Gasteiger partial charge < -0.3 is 67.0 Å². The van der Waals surface area contributed by atoms with Crippen LogP contribution in [-0.2, 0) is 40.0 Å². The number of nitrogens with one attached hydrogen (secondary N) is 4. The summed E-state index contributed by atoms with van der Waals surface area (Å²) in [5, 5.41) is 67.9. The van der Waals surface area contributed by atoms with E-state index in [1.165, 1.54) is 29.2 Å². The van der Waals surface area contributed by atoms with Gasteiger partial charge in [0.2, 0.25) is 35.4 Å². The van der Waals surface area contributed by atoms with Crippen molar-refractivity contribution in [2.75, 3.05) is 32.8 Å². The minimum Gasteiger partial charge on any atom is -0.508 e. The van der Waals surface area contributed by atoms with Gasteiger partial charge in [0.05, 0.1) is 31.0 Å². The Kier molecular flexibility index (Phi) is 17.6. The number of aromatic hydroxyl groups is 1. The number of hydrogen-bond acceptors (Lipinski definition) is 14. The Hall–Kier alpha value is -4.20. The standard InChI is InChI=1S/C37H55IN8O13/c1-19(48)30(37(58)59)42-33(54)28-14-22(50)16-45(28)36(57)29-15-23(51)17-46(29)35(56)25(13-20-7-9-21(49)10-8-20)40-31(52)26(18-47)41-32(53)27-6-4-12-44(27)34(55)24(43-38)5-2-3-11-39/h7-10,19,22-30,43,47-51H,2-6,11-18,39H2,1H3,(H,40,52)(H,41,53)(H,42,54)(H,58,59)/t19-,22-,23-,24+,25+,26+,27+,28+,29+,30+/m1/s1. The molecule has 10 atom stereocenters. The third-order valence-electron chi connectivity index (χ3n) is 10.8. The molecular formula is C37H55IN8O13. The summed E-state index contributed by atoms with van der Waals surface area (Å²) in [5.41, 5.74) is 6.04. The first-order valence-corrected chi connectivity index (χ1v) is 20.6. The van der Waals surface area contributed by atoms with Gasteiger partial charge in [-0.2, -0.15) is 0 Å². The minimum atomic E-state index is -1.72. The molecule has 0 aromatic heterocycles. The topological polar surface area (TPSA) is 325 Å². The highest BCUT2D eigenvalue weighted by molar-refractivity contribution is 14.1. The maximum Gasteiger partial charge on any atom is 0.328 e. The molecule has 0 bridgehead atoms.